The number of aliphatic hydroxyl groups excluding tert-OH is 15. The molecule has 5 aliphatic carbocycles. The zero-order valence-electron chi connectivity index (χ0n) is 45.2. The first kappa shape index (κ1) is 60.2. The molecule has 0 radical (unpaired) electrons. The Bertz CT molecular complexity index is 2130. The molecule has 3 saturated carbocycles. The van der Waals surface area contributed by atoms with Crippen LogP contribution < -0.4 is 0 Å². The van der Waals surface area contributed by atoms with Crippen LogP contribution in [0.1, 0.15) is 99.8 Å². The van der Waals surface area contributed by atoms with E-state index in [4.69, 9.17) is 37.9 Å². The molecule has 0 aromatic heterocycles. The molecule has 23 heteroatoms. The van der Waals surface area contributed by atoms with E-state index in [0.29, 0.717) is 19.3 Å². The summed E-state index contributed by atoms with van der Waals surface area (Å²) in [4.78, 5) is 0. The molecule has 0 spiro atoms. The quantitative estimate of drug-likeness (QED) is 0.0836. The third-order valence-corrected chi connectivity index (χ3v) is 21.1. The average molecular weight is 1110 g/mol. The fourth-order valence-corrected chi connectivity index (χ4v) is 16.0. The van der Waals surface area contributed by atoms with Gasteiger partial charge in [-0.3, -0.25) is 0 Å². The summed E-state index contributed by atoms with van der Waals surface area (Å²) in [5, 5.41) is 165. The zero-order valence-corrected chi connectivity index (χ0v) is 45.2. The van der Waals surface area contributed by atoms with Crippen molar-refractivity contribution in [2.75, 3.05) is 33.0 Å². The SMILES string of the molecule is C[C@H]1O[C@@H](O[C@H]2CC[C@@]3(C)C(CC[C@]4(C)C3C=CC3=C5CC(C)(C)CCC5(CO)[C@H](O)C[C@]34C)[C@]2(C)CO)[C@H](O)[C@@H](O[C@@H]2O[C@H](CO)[C@@H](O)[C@H](O[C@@H]3O[C@H](CO)[C@@H](O)[C@H](O)[C@H]3O[C@@H]3O[C@H](CO)[C@@H](O)[C@H](O)[C@H]3O)[C@H]2O)[C@H]1O. The first-order valence-corrected chi connectivity index (χ1v) is 27.7. The fraction of sp³-hybridized carbons (Fsp3) is 0.926. The topological polar surface area (TPSA) is 377 Å². The lowest BCUT2D eigenvalue weighted by molar-refractivity contribution is -0.397. The molecule has 9 aliphatic rings. The molecule has 23 nitrogen and oxygen atoms in total. The van der Waals surface area contributed by atoms with E-state index in [1.807, 2.05) is 6.92 Å². The number of ether oxygens (including phenoxy) is 8. The summed E-state index contributed by atoms with van der Waals surface area (Å²) in [5.41, 5.74) is -0.157. The van der Waals surface area contributed by atoms with Crippen LogP contribution in [0.5, 0.6) is 0 Å². The molecule has 77 heavy (non-hydrogen) atoms. The molecule has 0 bridgehead atoms. The van der Waals surface area contributed by atoms with Gasteiger partial charge in [-0.05, 0) is 91.9 Å². The highest BCUT2D eigenvalue weighted by Gasteiger charge is 2.69. The average Bonchev–Trinajstić information content (AvgIpc) is 3.40. The van der Waals surface area contributed by atoms with Gasteiger partial charge in [0.1, 0.15) is 91.6 Å². The first-order chi connectivity index (χ1) is 36.1. The number of aliphatic hydroxyl groups is 15. The molecule has 29 atom stereocenters. The molecule has 0 amide bonds. The Balaban J connectivity index is 0.929. The lowest BCUT2D eigenvalue weighted by Crippen LogP contribution is -2.68. The Kier molecular flexibility index (Phi) is 17.2. The van der Waals surface area contributed by atoms with E-state index in [1.54, 1.807) is 0 Å². The second-order valence-electron chi connectivity index (χ2n) is 25.9. The number of hydrogen-bond donors (Lipinski definition) is 15. The maximum Gasteiger partial charge on any atom is 0.187 e. The minimum Gasteiger partial charge on any atom is -0.396 e. The number of fused-ring (bicyclic) bond motifs is 6. The van der Waals surface area contributed by atoms with Crippen molar-refractivity contribution < 1.29 is 114 Å². The lowest BCUT2D eigenvalue weighted by Gasteiger charge is -2.70. The maximum atomic E-state index is 12.1. The van der Waals surface area contributed by atoms with Crippen LogP contribution in [0.2, 0.25) is 0 Å². The highest BCUT2D eigenvalue weighted by atomic mass is 16.8. The Labute approximate surface area is 448 Å². The van der Waals surface area contributed by atoms with E-state index >= 15 is 0 Å². The third-order valence-electron chi connectivity index (χ3n) is 21.1. The summed E-state index contributed by atoms with van der Waals surface area (Å²) < 4.78 is 47.8. The van der Waals surface area contributed by atoms with Crippen molar-refractivity contribution in [2.24, 2.45) is 44.3 Å². The van der Waals surface area contributed by atoms with Crippen LogP contribution in [0.15, 0.2) is 23.3 Å². The van der Waals surface area contributed by atoms with E-state index in [0.717, 1.165) is 32.1 Å². The second-order valence-corrected chi connectivity index (χ2v) is 25.9. The monoisotopic (exact) mass is 1100 g/mol. The normalized spacial score (nSPS) is 54.7. The van der Waals surface area contributed by atoms with Crippen LogP contribution in [0.4, 0.5) is 0 Å². The number of hydrogen-bond acceptors (Lipinski definition) is 23. The summed E-state index contributed by atoms with van der Waals surface area (Å²) in [6.07, 6.45) is -26.4. The number of rotatable bonds is 13. The van der Waals surface area contributed by atoms with Crippen molar-refractivity contribution in [1.82, 2.24) is 0 Å². The van der Waals surface area contributed by atoms with Gasteiger partial charge in [0.25, 0.3) is 0 Å². The van der Waals surface area contributed by atoms with Crippen molar-refractivity contribution in [3.05, 3.63) is 23.3 Å². The van der Waals surface area contributed by atoms with Crippen LogP contribution >= 0.6 is 0 Å². The van der Waals surface area contributed by atoms with E-state index < -0.39 is 171 Å². The second kappa shape index (κ2) is 22.0. The molecule has 4 heterocycles. The maximum absolute atomic E-state index is 12.1. The lowest BCUT2D eigenvalue weighted by atomic mass is 9.35. The van der Waals surface area contributed by atoms with Crippen molar-refractivity contribution >= 4 is 0 Å². The van der Waals surface area contributed by atoms with Crippen molar-refractivity contribution in [3.63, 3.8) is 0 Å². The molecule has 442 valence electrons. The van der Waals surface area contributed by atoms with Crippen molar-refractivity contribution in [1.29, 1.82) is 0 Å². The van der Waals surface area contributed by atoms with Gasteiger partial charge in [0.15, 0.2) is 25.2 Å². The van der Waals surface area contributed by atoms with Gasteiger partial charge >= 0.3 is 0 Å². The Morgan fingerprint density at radius 1 is 0.532 bits per heavy atom. The minimum absolute atomic E-state index is 0.0189. The van der Waals surface area contributed by atoms with Crippen LogP contribution in [-0.2, 0) is 37.9 Å². The minimum atomic E-state index is -2.06. The summed E-state index contributed by atoms with van der Waals surface area (Å²) in [6.45, 7) is 12.0. The molecular formula is C54H88O23. The third kappa shape index (κ3) is 9.66. The van der Waals surface area contributed by atoms with Gasteiger partial charge in [0, 0.05) is 16.2 Å². The molecular weight excluding hydrogens is 1020 g/mol. The molecule has 3 unspecified atom stereocenters. The van der Waals surface area contributed by atoms with Crippen LogP contribution in [0, 0.1) is 44.3 Å². The zero-order chi connectivity index (χ0) is 56.3. The Morgan fingerprint density at radius 3 is 1.69 bits per heavy atom. The molecule has 4 saturated heterocycles. The van der Waals surface area contributed by atoms with E-state index in [2.05, 4.69) is 46.8 Å². The van der Waals surface area contributed by atoms with E-state index in [-0.39, 0.29) is 41.3 Å². The molecule has 0 aromatic rings. The largest absolute Gasteiger partial charge is 0.396 e. The first-order valence-electron chi connectivity index (χ1n) is 27.7. The van der Waals surface area contributed by atoms with Gasteiger partial charge in [0.05, 0.1) is 51.3 Å². The molecule has 0 aromatic carbocycles. The Hall–Kier alpha value is -1.44. The molecule has 15 N–H and O–H groups in total. The fourth-order valence-electron chi connectivity index (χ4n) is 16.0. The van der Waals surface area contributed by atoms with Crippen molar-refractivity contribution in [2.45, 2.75) is 235 Å². The van der Waals surface area contributed by atoms with Gasteiger partial charge in [0.2, 0.25) is 0 Å². The van der Waals surface area contributed by atoms with Crippen LogP contribution in [0.25, 0.3) is 0 Å². The summed E-state index contributed by atoms with van der Waals surface area (Å²) >= 11 is 0. The van der Waals surface area contributed by atoms with Gasteiger partial charge in [-0.25, -0.2) is 0 Å². The Morgan fingerprint density at radius 2 is 1.08 bits per heavy atom. The van der Waals surface area contributed by atoms with Gasteiger partial charge in [-0.2, -0.15) is 0 Å². The summed E-state index contributed by atoms with van der Waals surface area (Å²) in [7, 11) is 0. The molecule has 7 fully saturated rings. The summed E-state index contributed by atoms with van der Waals surface area (Å²) in [6, 6.07) is 0. The van der Waals surface area contributed by atoms with Crippen molar-refractivity contribution in [3.8, 4) is 0 Å². The number of allylic oxidation sites excluding steroid dienone is 3. The predicted molar refractivity (Wildman–Crippen MR) is 264 cm³/mol. The van der Waals surface area contributed by atoms with E-state index in [1.165, 1.54) is 18.1 Å². The highest BCUT2D eigenvalue weighted by molar-refractivity contribution is 5.47. The smallest absolute Gasteiger partial charge is 0.187 e. The van der Waals surface area contributed by atoms with Crippen LogP contribution in [-0.4, -0.2) is 245 Å². The highest BCUT2D eigenvalue weighted by Crippen LogP contribution is 2.74. The molecule has 4 aliphatic heterocycles. The van der Waals surface area contributed by atoms with Gasteiger partial charge in [-0.15, -0.1) is 0 Å². The standard InChI is InChI=1S/C54H88O23/c1-23-33(61)42(75-47-41(69)43(36(64)28(20-57)72-47)76-48-44(38(66)35(63)27(19-56)73-48)77-45-39(67)37(65)34(62)26(18-55)71-45)40(68)46(70-23)74-32-11-12-50(4)29(51(32,5)21-58)10-13-52(6)30(50)9-8-24-25-16-49(2,3)14-15-54(25,22-59)31(60)17-53(24,52)7/h8-9,23,26-48,55-69H,10-22H2,1-7H3/t23-,26-,27-,28-,29?,30?,31-,32+,33+,34-,35-,36-,37+,38+,39-,40-,41-,42+,43+,44-,45+,46+,47+,48+,50+,51+,52-,53-,54?/m1/s1. The summed E-state index contributed by atoms with van der Waals surface area (Å²) in [5.74, 6) is -0.0511. The van der Waals surface area contributed by atoms with E-state index in [9.17, 15) is 76.6 Å². The molecule has 9 rings (SSSR count). The van der Waals surface area contributed by atoms with Crippen LogP contribution in [0.3, 0.4) is 0 Å². The van der Waals surface area contributed by atoms with Gasteiger partial charge < -0.3 is 114 Å². The van der Waals surface area contributed by atoms with Gasteiger partial charge in [-0.1, -0.05) is 59.3 Å². The predicted octanol–water partition coefficient (Wildman–Crippen LogP) is -2.67.